The van der Waals surface area contributed by atoms with Crippen LogP contribution >= 0.6 is 0 Å². The van der Waals surface area contributed by atoms with Gasteiger partial charge in [-0.3, -0.25) is 0 Å². The predicted molar refractivity (Wildman–Crippen MR) is 50.0 cm³/mol. The topological polar surface area (TPSA) is 0 Å². The first-order valence-electron chi connectivity index (χ1n) is 5.20. The molecule has 4 heteroatoms. The van der Waals surface area contributed by atoms with Gasteiger partial charge in [0.1, 0.15) is 0 Å². The van der Waals surface area contributed by atoms with Crippen molar-refractivity contribution >= 4 is 0 Å². The molecule has 0 saturated heterocycles. The first kappa shape index (κ1) is 16.0. The fourth-order valence-corrected chi connectivity index (χ4v) is 8.60. The molecule has 0 nitrogen and oxygen atoms in total. The molecule has 0 aliphatic rings. The molecule has 0 heterocycles. The molecule has 1 aromatic carbocycles. The molecule has 1 aromatic rings. The van der Waals surface area contributed by atoms with Crippen LogP contribution in [-0.4, -0.2) is 0 Å². The van der Waals surface area contributed by atoms with Gasteiger partial charge in [-0.1, -0.05) is 0 Å². The van der Waals surface area contributed by atoms with Crippen molar-refractivity contribution in [3.05, 3.63) is 25.3 Å². The molecular formula is C12H14W4. The minimum absolute atomic E-state index is 0.677. The molecule has 0 aromatic heterocycles. The molecule has 0 aliphatic carbocycles. The average molecular weight is 894 g/mol. The Balaban J connectivity index is 4.01. The quantitative estimate of drug-likeness (QED) is 0.429. The average Bonchev–Trinajstić information content (AvgIpc) is 2.18. The van der Waals surface area contributed by atoms with E-state index in [9.17, 15) is 0 Å². The predicted octanol–water partition coefficient (Wildman–Crippen LogP) is 3.12. The van der Waals surface area contributed by atoms with Crippen LogP contribution in [0.4, 0.5) is 0 Å². The van der Waals surface area contributed by atoms with Crippen molar-refractivity contribution in [1.82, 2.24) is 0 Å². The first-order chi connectivity index (χ1) is 7.29. The molecule has 0 aliphatic heterocycles. The van der Waals surface area contributed by atoms with Gasteiger partial charge >= 0.3 is 142 Å². The second-order valence-corrected chi connectivity index (χ2v) is 10.3. The van der Waals surface area contributed by atoms with E-state index in [1.165, 1.54) is 0 Å². The third-order valence-corrected chi connectivity index (χ3v) is 14.6. The standard InChI is InChI=1S/C12H14.4W/c1-9(2)11-7-5-6-8-12(11)10(3)4;;;;/h9-10H,1-4H3;;;;. The normalized spacial score (nSPS) is 11.4. The molecular weight excluding hydrogens is 879 g/mol. The zero-order valence-electron chi connectivity index (χ0n) is 9.79. The molecule has 86 valence electrons. The third-order valence-electron chi connectivity index (χ3n) is 2.55. The second kappa shape index (κ2) is 6.42. The number of hydrogen-bond acceptors (Lipinski definition) is 0. The summed E-state index contributed by atoms with van der Waals surface area (Å²) < 4.78 is 6.62. The van der Waals surface area contributed by atoms with Crippen molar-refractivity contribution in [3.8, 4) is 0 Å². The van der Waals surface area contributed by atoms with Gasteiger partial charge in [-0.05, 0) is 0 Å². The molecule has 0 radical (unpaired) electrons. The van der Waals surface area contributed by atoms with Gasteiger partial charge in [0, 0.05) is 0 Å². The Kier molecular flexibility index (Phi) is 6.43. The summed E-state index contributed by atoms with van der Waals surface area (Å²) >= 11 is 6.63. The van der Waals surface area contributed by atoms with Gasteiger partial charge < -0.3 is 0 Å². The van der Waals surface area contributed by atoms with Crippen LogP contribution in [0.3, 0.4) is 0 Å². The summed E-state index contributed by atoms with van der Waals surface area (Å²) in [7, 11) is 0. The van der Waals surface area contributed by atoms with Gasteiger partial charge in [0.05, 0.1) is 0 Å². The number of hydrogen-bond donors (Lipinski definition) is 0. The van der Waals surface area contributed by atoms with Crippen LogP contribution in [-0.2, 0) is 77.4 Å². The van der Waals surface area contributed by atoms with E-state index in [2.05, 4.69) is 27.7 Å². The van der Waals surface area contributed by atoms with Crippen LogP contribution in [0, 0.1) is 14.2 Å². The number of rotatable bonds is 2. The second-order valence-electron chi connectivity index (χ2n) is 4.45. The van der Waals surface area contributed by atoms with Gasteiger partial charge in [0.2, 0.25) is 0 Å². The SMILES string of the molecule is CC(C)c1c(C(C)C)[c](=[W])[c](=[W])[c](=[W])[c]1=[W]. The van der Waals surface area contributed by atoms with E-state index in [1.54, 1.807) is 103 Å². The molecule has 0 bridgehead atoms. The maximum atomic E-state index is 2.35. The maximum absolute atomic E-state index is 2.35. The van der Waals surface area contributed by atoms with Crippen molar-refractivity contribution in [2.45, 2.75) is 39.5 Å². The molecule has 0 amide bonds. The monoisotopic (exact) mass is 894 g/mol. The van der Waals surface area contributed by atoms with E-state index in [1.807, 2.05) is 0 Å². The van der Waals surface area contributed by atoms with Crippen molar-refractivity contribution in [1.29, 1.82) is 0 Å². The van der Waals surface area contributed by atoms with Crippen LogP contribution in [0.15, 0.2) is 0 Å². The summed E-state index contributed by atoms with van der Waals surface area (Å²) in [6.07, 6.45) is 0. The minimum atomic E-state index is 0.677. The Hall–Kier alpha value is 1.97. The van der Waals surface area contributed by atoms with Crippen molar-refractivity contribution in [3.63, 3.8) is 0 Å². The first-order valence-corrected chi connectivity index (χ1v) is 11.1. The van der Waals surface area contributed by atoms with Crippen LogP contribution in [0.1, 0.15) is 50.7 Å². The Labute approximate surface area is 140 Å². The molecule has 0 N–H and O–H groups in total. The van der Waals surface area contributed by atoms with E-state index in [-0.39, 0.29) is 0 Å². The zero-order valence-corrected chi connectivity index (χ0v) is 21.5. The Morgan fingerprint density at radius 3 is 1.00 bits per heavy atom. The van der Waals surface area contributed by atoms with E-state index >= 15 is 0 Å². The Morgan fingerprint density at radius 1 is 0.562 bits per heavy atom. The van der Waals surface area contributed by atoms with Crippen molar-refractivity contribution in [2.24, 2.45) is 0 Å². The van der Waals surface area contributed by atoms with Crippen molar-refractivity contribution in [2.75, 3.05) is 0 Å². The summed E-state index contributed by atoms with van der Waals surface area (Å²) in [6, 6.07) is 0. The molecule has 0 spiro atoms. The van der Waals surface area contributed by atoms with Gasteiger partial charge in [0.25, 0.3) is 0 Å². The van der Waals surface area contributed by atoms with E-state index in [0.717, 1.165) is 0 Å². The Bertz CT molecular complexity index is 547. The van der Waals surface area contributed by atoms with Gasteiger partial charge in [-0.2, -0.15) is 0 Å². The van der Waals surface area contributed by atoms with Gasteiger partial charge in [-0.25, -0.2) is 0 Å². The molecule has 0 atom stereocenters. The molecule has 0 saturated carbocycles. The molecule has 0 unspecified atom stereocenters. The fourth-order valence-electron chi connectivity index (χ4n) is 1.84. The number of benzene rings is 1. The molecule has 0 fully saturated rings. The summed E-state index contributed by atoms with van der Waals surface area (Å²) in [6.45, 7) is 9.39. The van der Waals surface area contributed by atoms with Crippen LogP contribution < -0.4 is 0 Å². The summed E-state index contributed by atoms with van der Waals surface area (Å²) in [5.74, 6) is 1.35. The van der Waals surface area contributed by atoms with E-state index in [0.29, 0.717) is 11.8 Å². The molecule has 1 rings (SSSR count). The van der Waals surface area contributed by atoms with Crippen molar-refractivity contribution < 1.29 is 77.4 Å². The summed E-state index contributed by atoms with van der Waals surface area (Å²) in [4.78, 5) is 0. The van der Waals surface area contributed by atoms with E-state index < -0.39 is 0 Å². The van der Waals surface area contributed by atoms with Crippen LogP contribution in [0.25, 0.3) is 0 Å². The van der Waals surface area contributed by atoms with Crippen LogP contribution in [0.2, 0.25) is 0 Å². The van der Waals surface area contributed by atoms with Gasteiger partial charge in [-0.15, -0.1) is 0 Å². The van der Waals surface area contributed by atoms with E-state index in [4.69, 9.17) is 0 Å². The van der Waals surface area contributed by atoms with Gasteiger partial charge in [0.15, 0.2) is 0 Å². The summed E-state index contributed by atoms with van der Waals surface area (Å²) in [5, 5.41) is 0. The third kappa shape index (κ3) is 3.10. The fraction of sp³-hybridized carbons (Fsp3) is 0.500. The van der Waals surface area contributed by atoms with Crippen LogP contribution in [0.5, 0.6) is 0 Å². The summed E-state index contributed by atoms with van der Waals surface area (Å²) in [5.41, 5.74) is 3.34. The zero-order chi connectivity index (χ0) is 12.6. The molecule has 16 heavy (non-hydrogen) atoms. The Morgan fingerprint density at radius 2 is 0.812 bits per heavy atom.